The van der Waals surface area contributed by atoms with Gasteiger partial charge in [0, 0.05) is 6.04 Å². The first-order valence-corrected chi connectivity index (χ1v) is 5.62. The number of aryl methyl sites for hydroxylation is 1. The van der Waals surface area contributed by atoms with Crippen molar-refractivity contribution < 1.29 is 0 Å². The van der Waals surface area contributed by atoms with Gasteiger partial charge in [0.15, 0.2) is 0 Å². The summed E-state index contributed by atoms with van der Waals surface area (Å²) in [7, 11) is 0. The first-order valence-electron chi connectivity index (χ1n) is 5.62. The third kappa shape index (κ3) is 1.98. The van der Waals surface area contributed by atoms with Crippen LogP contribution in [0.4, 0.5) is 0 Å². The lowest BCUT2D eigenvalue weighted by molar-refractivity contribution is 0.612. The van der Waals surface area contributed by atoms with E-state index < -0.39 is 0 Å². The summed E-state index contributed by atoms with van der Waals surface area (Å²) in [5.41, 5.74) is 2.88. The van der Waals surface area contributed by atoms with Crippen LogP contribution in [0.25, 0.3) is 0 Å². The maximum atomic E-state index is 3.56. The first kappa shape index (κ1) is 9.72. The summed E-state index contributed by atoms with van der Waals surface area (Å²) < 4.78 is 0. The summed E-state index contributed by atoms with van der Waals surface area (Å²) in [4.78, 5) is 0. The highest BCUT2D eigenvalue weighted by atomic mass is 14.9. The fraction of sp³-hybridized carbons (Fsp3) is 0.538. The lowest BCUT2D eigenvalue weighted by Gasteiger charge is -2.10. The van der Waals surface area contributed by atoms with Crippen molar-refractivity contribution in [1.82, 2.24) is 5.32 Å². The second-order valence-corrected chi connectivity index (χ2v) is 4.40. The Hall–Kier alpha value is -0.820. The monoisotopic (exact) mass is 189 g/mol. The molecule has 0 saturated carbocycles. The Morgan fingerprint density at radius 2 is 2.00 bits per heavy atom. The van der Waals surface area contributed by atoms with E-state index in [9.17, 15) is 0 Å². The number of rotatable bonds is 2. The number of benzene rings is 1. The molecule has 2 rings (SSSR count). The summed E-state index contributed by atoms with van der Waals surface area (Å²) in [6, 6.07) is 9.64. The highest BCUT2D eigenvalue weighted by Gasteiger charge is 2.21. The largest absolute Gasteiger partial charge is 0.310 e. The average molecular weight is 189 g/mol. The van der Waals surface area contributed by atoms with Gasteiger partial charge in [0.05, 0.1) is 0 Å². The molecule has 14 heavy (non-hydrogen) atoms. The molecule has 1 aliphatic heterocycles. The Balaban J connectivity index is 2.09. The van der Waals surface area contributed by atoms with Crippen LogP contribution >= 0.6 is 0 Å². The lowest BCUT2D eigenvalue weighted by Crippen LogP contribution is -2.13. The van der Waals surface area contributed by atoms with Gasteiger partial charge < -0.3 is 5.32 Å². The van der Waals surface area contributed by atoms with Gasteiger partial charge in [0.1, 0.15) is 0 Å². The molecule has 1 heterocycles. The number of nitrogens with one attached hydrogen (secondary N) is 1. The Labute approximate surface area is 86.5 Å². The minimum absolute atomic E-state index is 0.593. The van der Waals surface area contributed by atoms with E-state index >= 15 is 0 Å². The van der Waals surface area contributed by atoms with Gasteiger partial charge in [-0.2, -0.15) is 0 Å². The maximum Gasteiger partial charge on any atom is 0.0323 e. The van der Waals surface area contributed by atoms with E-state index in [2.05, 4.69) is 43.4 Å². The molecular weight excluding hydrogens is 170 g/mol. The van der Waals surface area contributed by atoms with Crippen LogP contribution in [-0.2, 0) is 6.42 Å². The Morgan fingerprint density at radius 1 is 1.29 bits per heavy atom. The molecule has 1 N–H and O–H groups in total. The smallest absolute Gasteiger partial charge is 0.0323 e. The zero-order valence-electron chi connectivity index (χ0n) is 9.09. The molecule has 1 heteroatoms. The predicted octanol–water partition coefficient (Wildman–Crippen LogP) is 2.92. The Kier molecular flexibility index (Phi) is 2.87. The van der Waals surface area contributed by atoms with Gasteiger partial charge >= 0.3 is 0 Å². The molecule has 1 fully saturated rings. The van der Waals surface area contributed by atoms with E-state index in [1.165, 1.54) is 24.1 Å². The minimum Gasteiger partial charge on any atom is -0.310 e. The quantitative estimate of drug-likeness (QED) is 0.754. The summed E-state index contributed by atoms with van der Waals surface area (Å²) in [5, 5.41) is 3.56. The van der Waals surface area contributed by atoms with E-state index in [1.807, 2.05) is 0 Å². The summed E-state index contributed by atoms with van der Waals surface area (Å²) in [6.45, 7) is 5.68. The third-order valence-electron chi connectivity index (χ3n) is 3.14. The lowest BCUT2D eigenvalue weighted by atomic mass is 10.00. The number of hydrogen-bond acceptors (Lipinski definition) is 1. The van der Waals surface area contributed by atoms with Crippen LogP contribution < -0.4 is 5.32 Å². The molecule has 0 unspecified atom stereocenters. The molecule has 1 saturated heterocycles. The molecule has 1 aliphatic rings. The molecule has 0 amide bonds. The standard InChI is InChI=1S/C13H19N/c1-3-11-4-6-12(7-5-11)13-8-10(2)9-14-13/h4-7,10,13-14H,3,8-9H2,1-2H3/t10-,13+/m0/s1. The molecule has 2 atom stereocenters. The second kappa shape index (κ2) is 4.14. The van der Waals surface area contributed by atoms with Gasteiger partial charge in [0.25, 0.3) is 0 Å². The summed E-state index contributed by atoms with van der Waals surface area (Å²) >= 11 is 0. The van der Waals surface area contributed by atoms with Crippen molar-refractivity contribution in [2.45, 2.75) is 32.7 Å². The van der Waals surface area contributed by atoms with Gasteiger partial charge in [-0.15, -0.1) is 0 Å². The van der Waals surface area contributed by atoms with Crippen LogP contribution in [0.1, 0.15) is 37.4 Å². The van der Waals surface area contributed by atoms with Gasteiger partial charge in [-0.3, -0.25) is 0 Å². The summed E-state index contributed by atoms with van der Waals surface area (Å²) in [6.07, 6.45) is 2.42. The van der Waals surface area contributed by atoms with Gasteiger partial charge in [-0.25, -0.2) is 0 Å². The molecule has 0 spiro atoms. The summed E-state index contributed by atoms with van der Waals surface area (Å²) in [5.74, 6) is 0.825. The second-order valence-electron chi connectivity index (χ2n) is 4.40. The van der Waals surface area contributed by atoms with Gasteiger partial charge in [0.2, 0.25) is 0 Å². The van der Waals surface area contributed by atoms with Crippen LogP contribution in [0, 0.1) is 5.92 Å². The van der Waals surface area contributed by atoms with Gasteiger partial charge in [-0.05, 0) is 36.4 Å². The zero-order chi connectivity index (χ0) is 9.97. The average Bonchev–Trinajstić information content (AvgIpc) is 2.65. The van der Waals surface area contributed by atoms with Crippen LogP contribution in [0.5, 0.6) is 0 Å². The van der Waals surface area contributed by atoms with Crippen molar-refractivity contribution in [1.29, 1.82) is 0 Å². The maximum absolute atomic E-state index is 3.56. The molecular formula is C13H19N. The van der Waals surface area contributed by atoms with Crippen molar-refractivity contribution in [3.05, 3.63) is 35.4 Å². The third-order valence-corrected chi connectivity index (χ3v) is 3.14. The van der Waals surface area contributed by atoms with Crippen LogP contribution in [0.2, 0.25) is 0 Å². The molecule has 1 aromatic rings. The minimum atomic E-state index is 0.593. The molecule has 0 bridgehead atoms. The molecule has 1 aromatic carbocycles. The van der Waals surface area contributed by atoms with E-state index in [4.69, 9.17) is 0 Å². The topological polar surface area (TPSA) is 12.0 Å². The van der Waals surface area contributed by atoms with E-state index in [0.29, 0.717) is 6.04 Å². The molecule has 1 nitrogen and oxygen atoms in total. The highest BCUT2D eigenvalue weighted by molar-refractivity contribution is 5.25. The Morgan fingerprint density at radius 3 is 2.50 bits per heavy atom. The van der Waals surface area contributed by atoms with E-state index in [-0.39, 0.29) is 0 Å². The van der Waals surface area contributed by atoms with E-state index in [1.54, 1.807) is 0 Å². The van der Waals surface area contributed by atoms with Crippen molar-refractivity contribution in [2.24, 2.45) is 5.92 Å². The van der Waals surface area contributed by atoms with Crippen molar-refractivity contribution >= 4 is 0 Å². The molecule has 0 aromatic heterocycles. The fourth-order valence-electron chi connectivity index (χ4n) is 2.15. The normalized spacial score (nSPS) is 26.7. The number of hydrogen-bond donors (Lipinski definition) is 1. The SMILES string of the molecule is CCc1ccc([C@H]2C[C@H](C)CN2)cc1. The van der Waals surface area contributed by atoms with Crippen molar-refractivity contribution in [3.63, 3.8) is 0 Å². The first-order chi connectivity index (χ1) is 6.79. The van der Waals surface area contributed by atoms with Crippen LogP contribution in [-0.4, -0.2) is 6.54 Å². The van der Waals surface area contributed by atoms with Crippen LogP contribution in [0.15, 0.2) is 24.3 Å². The van der Waals surface area contributed by atoms with Gasteiger partial charge in [-0.1, -0.05) is 38.1 Å². The van der Waals surface area contributed by atoms with Crippen LogP contribution in [0.3, 0.4) is 0 Å². The fourth-order valence-corrected chi connectivity index (χ4v) is 2.15. The Bertz CT molecular complexity index is 289. The van der Waals surface area contributed by atoms with Crippen molar-refractivity contribution in [3.8, 4) is 0 Å². The van der Waals surface area contributed by atoms with Crippen molar-refractivity contribution in [2.75, 3.05) is 6.54 Å². The van der Waals surface area contributed by atoms with E-state index in [0.717, 1.165) is 12.3 Å². The highest BCUT2D eigenvalue weighted by Crippen LogP contribution is 2.26. The molecule has 76 valence electrons. The molecule has 0 aliphatic carbocycles. The predicted molar refractivity (Wildman–Crippen MR) is 60.3 cm³/mol. The molecule has 0 radical (unpaired) electrons. The zero-order valence-corrected chi connectivity index (χ0v) is 9.09.